The molecule has 3 aliphatic rings. The highest BCUT2D eigenvalue weighted by molar-refractivity contribution is 7.91. The lowest BCUT2D eigenvalue weighted by Gasteiger charge is -2.33. The molecule has 31 heavy (non-hydrogen) atoms. The maximum Gasteiger partial charge on any atom is 0.232 e. The molecule has 2 aromatic rings. The molecule has 0 amide bonds. The summed E-state index contributed by atoms with van der Waals surface area (Å²) in [5, 5.41) is 0. The standard InChI is InChI=1S/C23H23NO6S/c1-14-9-19-17(11-24(13-29-19)16-7-8-31(26,27)12-16)23-21(14)22(25)20(30-23)10-15-5-3-4-6-18(15)28-2/h3-6,9-10,16H,7-8,11-13H2,1-2H3/b20-10-. The van der Waals surface area contributed by atoms with E-state index in [1.807, 2.05) is 42.2 Å². The second-order valence-electron chi connectivity index (χ2n) is 8.13. The molecule has 0 aromatic heterocycles. The van der Waals surface area contributed by atoms with Gasteiger partial charge in [-0.2, -0.15) is 0 Å². The number of nitrogens with zero attached hydrogens (tertiary/aromatic N) is 1. The van der Waals surface area contributed by atoms with Crippen LogP contribution in [0.4, 0.5) is 0 Å². The average molecular weight is 442 g/mol. The first kappa shape index (κ1) is 20.1. The number of carbonyl (C=O) groups excluding carboxylic acids is 1. The van der Waals surface area contributed by atoms with Gasteiger partial charge in [0.1, 0.15) is 24.0 Å². The van der Waals surface area contributed by atoms with Crippen LogP contribution < -0.4 is 14.2 Å². The number of fused-ring (bicyclic) bond motifs is 3. The third kappa shape index (κ3) is 3.49. The Morgan fingerprint density at radius 1 is 1.26 bits per heavy atom. The van der Waals surface area contributed by atoms with Crippen LogP contribution in [0.2, 0.25) is 0 Å². The molecule has 0 bridgehead atoms. The van der Waals surface area contributed by atoms with Gasteiger partial charge in [-0.1, -0.05) is 18.2 Å². The molecule has 1 fully saturated rings. The van der Waals surface area contributed by atoms with Crippen molar-refractivity contribution in [1.82, 2.24) is 4.90 Å². The maximum absolute atomic E-state index is 13.2. The van der Waals surface area contributed by atoms with E-state index in [1.165, 1.54) is 0 Å². The molecule has 0 saturated carbocycles. The van der Waals surface area contributed by atoms with E-state index < -0.39 is 9.84 Å². The van der Waals surface area contributed by atoms with Crippen molar-refractivity contribution >= 4 is 21.7 Å². The average Bonchev–Trinajstić information content (AvgIpc) is 3.28. The Morgan fingerprint density at radius 2 is 2.06 bits per heavy atom. The number of methoxy groups -OCH3 is 1. The number of hydrogen-bond acceptors (Lipinski definition) is 7. The number of rotatable bonds is 3. The summed E-state index contributed by atoms with van der Waals surface area (Å²) in [5.41, 5.74) is 2.86. The lowest BCUT2D eigenvalue weighted by atomic mass is 9.98. The summed E-state index contributed by atoms with van der Waals surface area (Å²) in [4.78, 5) is 15.2. The molecule has 1 atom stereocenters. The van der Waals surface area contributed by atoms with Crippen molar-refractivity contribution in [3.8, 4) is 17.2 Å². The number of carbonyl (C=O) groups is 1. The van der Waals surface area contributed by atoms with Crippen molar-refractivity contribution in [2.45, 2.75) is 25.9 Å². The van der Waals surface area contributed by atoms with Gasteiger partial charge in [-0.15, -0.1) is 0 Å². The van der Waals surface area contributed by atoms with Crippen LogP contribution in [-0.2, 0) is 16.4 Å². The van der Waals surface area contributed by atoms with E-state index >= 15 is 0 Å². The molecule has 162 valence electrons. The second kappa shape index (κ2) is 7.39. The molecule has 1 unspecified atom stereocenters. The number of hydrogen-bond donors (Lipinski definition) is 0. The quantitative estimate of drug-likeness (QED) is 0.678. The first-order valence-electron chi connectivity index (χ1n) is 10.2. The van der Waals surface area contributed by atoms with Gasteiger partial charge in [0, 0.05) is 18.2 Å². The molecular formula is C23H23NO6S. The molecular weight excluding hydrogens is 418 g/mol. The molecule has 2 aromatic carbocycles. The molecule has 7 nitrogen and oxygen atoms in total. The number of aryl methyl sites for hydroxylation is 1. The van der Waals surface area contributed by atoms with Crippen molar-refractivity contribution in [2.75, 3.05) is 25.3 Å². The molecule has 5 rings (SSSR count). The first-order valence-corrected chi connectivity index (χ1v) is 12.0. The Balaban J connectivity index is 1.50. The monoisotopic (exact) mass is 441 g/mol. The minimum absolute atomic E-state index is 0.0872. The molecule has 3 heterocycles. The van der Waals surface area contributed by atoms with E-state index in [9.17, 15) is 13.2 Å². The summed E-state index contributed by atoms with van der Waals surface area (Å²) >= 11 is 0. The number of ether oxygens (including phenoxy) is 3. The van der Waals surface area contributed by atoms with Crippen LogP contribution in [0.15, 0.2) is 36.1 Å². The summed E-state index contributed by atoms with van der Waals surface area (Å²) in [6.45, 7) is 2.67. The SMILES string of the molecule is COc1ccccc1/C=C1\Oc2c3c(cc(C)c2C1=O)OCN(C1CCS(=O)(=O)C1)C3. The van der Waals surface area contributed by atoms with E-state index in [2.05, 4.69) is 0 Å². The van der Waals surface area contributed by atoms with Crippen molar-refractivity contribution in [3.63, 3.8) is 0 Å². The Kier molecular flexibility index (Phi) is 4.79. The van der Waals surface area contributed by atoms with E-state index in [0.717, 1.165) is 16.7 Å². The highest BCUT2D eigenvalue weighted by Gasteiger charge is 2.39. The lowest BCUT2D eigenvalue weighted by Crippen LogP contribution is -2.41. The zero-order valence-corrected chi connectivity index (χ0v) is 18.2. The second-order valence-corrected chi connectivity index (χ2v) is 10.4. The van der Waals surface area contributed by atoms with Crippen molar-refractivity contribution in [1.29, 1.82) is 0 Å². The van der Waals surface area contributed by atoms with Crippen LogP contribution in [0.5, 0.6) is 17.2 Å². The van der Waals surface area contributed by atoms with Crippen LogP contribution >= 0.6 is 0 Å². The van der Waals surface area contributed by atoms with Crippen LogP contribution in [0.3, 0.4) is 0 Å². The van der Waals surface area contributed by atoms with Gasteiger partial charge >= 0.3 is 0 Å². The van der Waals surface area contributed by atoms with Crippen LogP contribution in [0.1, 0.15) is 33.5 Å². The third-order valence-electron chi connectivity index (χ3n) is 6.10. The minimum Gasteiger partial charge on any atom is -0.496 e. The van der Waals surface area contributed by atoms with Gasteiger partial charge in [0.25, 0.3) is 0 Å². The van der Waals surface area contributed by atoms with Gasteiger partial charge in [0.2, 0.25) is 5.78 Å². The minimum atomic E-state index is -3.00. The summed E-state index contributed by atoms with van der Waals surface area (Å²) in [7, 11) is -1.42. The summed E-state index contributed by atoms with van der Waals surface area (Å²) in [6, 6.07) is 9.20. The third-order valence-corrected chi connectivity index (χ3v) is 7.85. The number of allylic oxidation sites excluding steroid dienone is 1. The summed E-state index contributed by atoms with van der Waals surface area (Å²) < 4.78 is 41.3. The molecule has 1 saturated heterocycles. The number of ketones is 1. The number of para-hydroxylation sites is 1. The summed E-state index contributed by atoms with van der Waals surface area (Å²) in [5.74, 6) is 2.23. The van der Waals surface area contributed by atoms with Crippen LogP contribution in [0, 0.1) is 6.92 Å². The largest absolute Gasteiger partial charge is 0.496 e. The smallest absolute Gasteiger partial charge is 0.232 e. The topological polar surface area (TPSA) is 82.1 Å². The number of benzene rings is 2. The van der Waals surface area contributed by atoms with Gasteiger partial charge < -0.3 is 14.2 Å². The van der Waals surface area contributed by atoms with Gasteiger partial charge in [-0.25, -0.2) is 8.42 Å². The first-order chi connectivity index (χ1) is 14.9. The van der Waals surface area contributed by atoms with Gasteiger partial charge in [0.05, 0.1) is 29.7 Å². The highest BCUT2D eigenvalue weighted by atomic mass is 32.2. The number of sulfone groups is 1. The molecule has 0 spiro atoms. The van der Waals surface area contributed by atoms with Crippen molar-refractivity contribution < 1.29 is 27.4 Å². The van der Waals surface area contributed by atoms with Crippen LogP contribution in [-0.4, -0.2) is 50.5 Å². The molecule has 0 radical (unpaired) electrons. The zero-order valence-electron chi connectivity index (χ0n) is 17.4. The zero-order chi connectivity index (χ0) is 21.8. The molecule has 0 N–H and O–H groups in total. The Morgan fingerprint density at radius 3 is 2.81 bits per heavy atom. The molecule has 8 heteroatoms. The lowest BCUT2D eigenvalue weighted by molar-refractivity contribution is 0.0633. The van der Waals surface area contributed by atoms with E-state index in [0.29, 0.717) is 42.5 Å². The van der Waals surface area contributed by atoms with Gasteiger partial charge in [-0.05, 0) is 37.1 Å². The maximum atomic E-state index is 13.2. The van der Waals surface area contributed by atoms with Gasteiger partial charge in [-0.3, -0.25) is 9.69 Å². The Bertz CT molecular complexity index is 1220. The van der Waals surface area contributed by atoms with Crippen molar-refractivity contribution in [2.24, 2.45) is 0 Å². The normalized spacial score (nSPS) is 23.2. The van der Waals surface area contributed by atoms with E-state index in [4.69, 9.17) is 14.2 Å². The van der Waals surface area contributed by atoms with Gasteiger partial charge in [0.15, 0.2) is 15.6 Å². The van der Waals surface area contributed by atoms with Crippen molar-refractivity contribution in [3.05, 3.63) is 58.3 Å². The predicted molar refractivity (Wildman–Crippen MR) is 115 cm³/mol. The molecule has 3 aliphatic heterocycles. The Hall–Kier alpha value is -2.84. The Labute approximate surface area is 181 Å². The summed E-state index contributed by atoms with van der Waals surface area (Å²) in [6.07, 6.45) is 2.28. The van der Waals surface area contributed by atoms with Crippen LogP contribution in [0.25, 0.3) is 6.08 Å². The fourth-order valence-corrected chi connectivity index (χ4v) is 6.23. The predicted octanol–water partition coefficient (Wildman–Crippen LogP) is 2.96. The van der Waals surface area contributed by atoms with E-state index in [-0.39, 0.29) is 29.1 Å². The van der Waals surface area contributed by atoms with E-state index in [1.54, 1.807) is 13.2 Å². The molecule has 0 aliphatic carbocycles. The number of Topliss-reactive ketones (excluding diaryl/α,β-unsaturated/α-hetero) is 1. The fourth-order valence-electron chi connectivity index (χ4n) is 4.47. The highest BCUT2D eigenvalue weighted by Crippen LogP contribution is 2.44. The fraction of sp³-hybridized carbons (Fsp3) is 0.348.